The Bertz CT molecular complexity index is 1020. The van der Waals surface area contributed by atoms with Gasteiger partial charge in [0.2, 0.25) is 0 Å². The van der Waals surface area contributed by atoms with Crippen LogP contribution in [0.25, 0.3) is 11.1 Å². The third kappa shape index (κ3) is 3.77. The van der Waals surface area contributed by atoms with Crippen molar-refractivity contribution in [3.05, 3.63) is 52.4 Å². The second-order valence-electron chi connectivity index (χ2n) is 7.75. The van der Waals surface area contributed by atoms with Gasteiger partial charge in [-0.15, -0.1) is 0 Å². The highest BCUT2D eigenvalue weighted by atomic mass is 16.3. The van der Waals surface area contributed by atoms with Gasteiger partial charge in [0.05, 0.1) is 0 Å². The summed E-state index contributed by atoms with van der Waals surface area (Å²) in [4.78, 5) is 26.3. The number of rotatable bonds is 5. The molecular formula is C22H26N4O2. The van der Waals surface area contributed by atoms with E-state index in [0.29, 0.717) is 35.5 Å². The van der Waals surface area contributed by atoms with Crippen LogP contribution in [0.2, 0.25) is 0 Å². The summed E-state index contributed by atoms with van der Waals surface area (Å²) in [6.45, 7) is 6.63. The van der Waals surface area contributed by atoms with Gasteiger partial charge < -0.3 is 9.73 Å². The minimum Gasteiger partial charge on any atom is -0.440 e. The molecule has 6 nitrogen and oxygen atoms in total. The van der Waals surface area contributed by atoms with Crippen LogP contribution in [-0.4, -0.2) is 27.4 Å². The zero-order chi connectivity index (χ0) is 19.7. The van der Waals surface area contributed by atoms with E-state index in [9.17, 15) is 4.79 Å². The van der Waals surface area contributed by atoms with E-state index >= 15 is 0 Å². The van der Waals surface area contributed by atoms with E-state index in [4.69, 9.17) is 9.40 Å². The van der Waals surface area contributed by atoms with Gasteiger partial charge in [0.25, 0.3) is 5.91 Å². The van der Waals surface area contributed by atoms with E-state index < -0.39 is 0 Å². The number of benzene rings is 1. The smallest absolute Gasteiger partial charge is 0.251 e. The van der Waals surface area contributed by atoms with E-state index in [2.05, 4.69) is 22.2 Å². The average molecular weight is 378 g/mol. The summed E-state index contributed by atoms with van der Waals surface area (Å²) < 4.78 is 5.70. The van der Waals surface area contributed by atoms with Crippen molar-refractivity contribution < 1.29 is 9.21 Å². The Labute approximate surface area is 164 Å². The van der Waals surface area contributed by atoms with Gasteiger partial charge in [-0.2, -0.15) is 0 Å². The summed E-state index contributed by atoms with van der Waals surface area (Å²) in [6.07, 6.45) is 5.17. The molecule has 1 aromatic carbocycles. The second-order valence-corrected chi connectivity index (χ2v) is 7.75. The van der Waals surface area contributed by atoms with E-state index in [1.807, 2.05) is 13.8 Å². The maximum atomic E-state index is 12.5. The first-order valence-corrected chi connectivity index (χ1v) is 10.0. The van der Waals surface area contributed by atoms with Gasteiger partial charge >= 0.3 is 0 Å². The van der Waals surface area contributed by atoms with Crippen molar-refractivity contribution in [2.75, 3.05) is 6.54 Å². The fraction of sp³-hybridized carbons (Fsp3) is 0.455. The number of carbonyl (C=O) groups is 1. The Hall–Kier alpha value is -2.76. The van der Waals surface area contributed by atoms with Gasteiger partial charge in [-0.05, 0) is 56.4 Å². The molecule has 6 heteroatoms. The van der Waals surface area contributed by atoms with Crippen LogP contribution < -0.4 is 5.32 Å². The maximum absolute atomic E-state index is 12.5. The molecule has 0 radical (unpaired) electrons. The molecule has 146 valence electrons. The molecule has 2 aromatic heterocycles. The predicted octanol–water partition coefficient (Wildman–Crippen LogP) is 3.90. The summed E-state index contributed by atoms with van der Waals surface area (Å²) >= 11 is 0. The van der Waals surface area contributed by atoms with Crippen LogP contribution in [0.3, 0.4) is 0 Å². The van der Waals surface area contributed by atoms with Crippen LogP contribution in [0.4, 0.5) is 0 Å². The van der Waals surface area contributed by atoms with Crippen molar-refractivity contribution in [1.82, 2.24) is 20.3 Å². The summed E-state index contributed by atoms with van der Waals surface area (Å²) in [5.41, 5.74) is 5.60. The second kappa shape index (κ2) is 7.70. The number of amides is 1. The largest absolute Gasteiger partial charge is 0.440 e. The fourth-order valence-corrected chi connectivity index (χ4v) is 3.68. The molecule has 1 amide bonds. The molecule has 2 heterocycles. The van der Waals surface area contributed by atoms with Crippen LogP contribution >= 0.6 is 0 Å². The molecule has 0 bridgehead atoms. The lowest BCUT2D eigenvalue weighted by atomic mass is 9.95. The Morgan fingerprint density at radius 2 is 2.00 bits per heavy atom. The molecule has 0 fully saturated rings. The standard InChI is InChI=1S/C22H26N4O2/c1-13(2)22-26-18-12-15(8-9-19(18)28-22)21(27)23-11-10-20-24-14(3)16-6-4-5-7-17(16)25-20/h8-9,12-13H,4-7,10-11H2,1-3H3,(H,23,27). The van der Waals surface area contributed by atoms with Gasteiger partial charge in [-0.1, -0.05) is 13.8 Å². The minimum atomic E-state index is -0.120. The molecule has 1 aliphatic carbocycles. The van der Waals surface area contributed by atoms with E-state index in [-0.39, 0.29) is 11.8 Å². The number of hydrogen-bond donors (Lipinski definition) is 1. The Morgan fingerprint density at radius 1 is 1.18 bits per heavy atom. The Balaban J connectivity index is 1.40. The molecule has 3 aromatic rings. The summed E-state index contributed by atoms with van der Waals surface area (Å²) in [6, 6.07) is 5.35. The van der Waals surface area contributed by atoms with E-state index in [1.165, 1.54) is 24.1 Å². The summed E-state index contributed by atoms with van der Waals surface area (Å²) in [5, 5.41) is 2.96. The highest BCUT2D eigenvalue weighted by molar-refractivity contribution is 5.97. The highest BCUT2D eigenvalue weighted by Crippen LogP contribution is 2.23. The molecule has 1 N–H and O–H groups in total. The van der Waals surface area contributed by atoms with Crippen molar-refractivity contribution in [2.45, 2.75) is 58.8 Å². The molecule has 1 aliphatic rings. The molecule has 0 spiro atoms. The van der Waals surface area contributed by atoms with Gasteiger partial charge in [0.1, 0.15) is 11.3 Å². The first kappa shape index (κ1) is 18.6. The van der Waals surface area contributed by atoms with Gasteiger partial charge in [-0.3, -0.25) is 4.79 Å². The molecule has 0 unspecified atom stereocenters. The van der Waals surface area contributed by atoms with E-state index in [1.54, 1.807) is 18.2 Å². The van der Waals surface area contributed by atoms with Crippen molar-refractivity contribution in [2.24, 2.45) is 0 Å². The molecule has 0 aliphatic heterocycles. The van der Waals surface area contributed by atoms with Gasteiger partial charge in [0.15, 0.2) is 11.5 Å². The predicted molar refractivity (Wildman–Crippen MR) is 108 cm³/mol. The average Bonchev–Trinajstić information content (AvgIpc) is 3.12. The number of nitrogens with one attached hydrogen (secondary N) is 1. The fourth-order valence-electron chi connectivity index (χ4n) is 3.68. The van der Waals surface area contributed by atoms with Crippen LogP contribution in [0, 0.1) is 6.92 Å². The number of oxazole rings is 1. The number of nitrogens with zero attached hydrogens (tertiary/aromatic N) is 3. The third-order valence-electron chi connectivity index (χ3n) is 5.23. The monoisotopic (exact) mass is 378 g/mol. The molecule has 4 rings (SSSR count). The topological polar surface area (TPSA) is 80.9 Å². The molecule has 0 saturated heterocycles. The lowest BCUT2D eigenvalue weighted by Crippen LogP contribution is -2.26. The first-order valence-electron chi connectivity index (χ1n) is 10.0. The minimum absolute atomic E-state index is 0.120. The molecule has 28 heavy (non-hydrogen) atoms. The summed E-state index contributed by atoms with van der Waals surface area (Å²) in [7, 11) is 0. The van der Waals surface area contributed by atoms with E-state index in [0.717, 1.165) is 24.4 Å². The van der Waals surface area contributed by atoms with Crippen LogP contribution in [-0.2, 0) is 19.3 Å². The van der Waals surface area contributed by atoms with Crippen LogP contribution in [0.5, 0.6) is 0 Å². The summed E-state index contributed by atoms with van der Waals surface area (Å²) in [5.74, 6) is 1.59. The number of hydrogen-bond acceptors (Lipinski definition) is 5. The first-order chi connectivity index (χ1) is 13.5. The lowest BCUT2D eigenvalue weighted by Gasteiger charge is -2.17. The van der Waals surface area contributed by atoms with Crippen LogP contribution in [0.1, 0.15) is 71.6 Å². The quantitative estimate of drug-likeness (QED) is 0.728. The van der Waals surface area contributed by atoms with Gasteiger partial charge in [0, 0.05) is 35.8 Å². The Kier molecular flexibility index (Phi) is 5.11. The Morgan fingerprint density at radius 3 is 2.82 bits per heavy atom. The van der Waals surface area contributed by atoms with Crippen molar-refractivity contribution >= 4 is 17.0 Å². The number of aromatic nitrogens is 3. The van der Waals surface area contributed by atoms with Crippen LogP contribution in [0.15, 0.2) is 22.6 Å². The maximum Gasteiger partial charge on any atom is 0.251 e. The number of aryl methyl sites for hydroxylation is 2. The number of carbonyl (C=O) groups excluding carboxylic acids is 1. The number of fused-ring (bicyclic) bond motifs is 2. The normalized spacial score (nSPS) is 13.7. The lowest BCUT2D eigenvalue weighted by molar-refractivity contribution is 0.0954. The van der Waals surface area contributed by atoms with Crippen molar-refractivity contribution in [1.29, 1.82) is 0 Å². The molecule has 0 atom stereocenters. The highest BCUT2D eigenvalue weighted by Gasteiger charge is 2.16. The SMILES string of the molecule is Cc1nc(CCNC(=O)c2ccc3oc(C(C)C)nc3c2)nc2c1CCCC2. The zero-order valence-corrected chi connectivity index (χ0v) is 16.7. The zero-order valence-electron chi connectivity index (χ0n) is 16.7. The van der Waals surface area contributed by atoms with Crippen molar-refractivity contribution in [3.8, 4) is 0 Å². The molecular weight excluding hydrogens is 352 g/mol. The van der Waals surface area contributed by atoms with Crippen molar-refractivity contribution in [3.63, 3.8) is 0 Å². The third-order valence-corrected chi connectivity index (χ3v) is 5.23. The molecule has 0 saturated carbocycles. The van der Waals surface area contributed by atoms with Gasteiger partial charge in [-0.25, -0.2) is 15.0 Å².